The highest BCUT2D eigenvalue weighted by Crippen LogP contribution is 2.37. The number of halogens is 3. The summed E-state index contributed by atoms with van der Waals surface area (Å²) in [4.78, 5) is 37.5. The van der Waals surface area contributed by atoms with Crippen LogP contribution in [0.15, 0.2) is 29.2 Å². The van der Waals surface area contributed by atoms with Gasteiger partial charge in [-0.1, -0.05) is 11.3 Å². The van der Waals surface area contributed by atoms with Crippen molar-refractivity contribution in [2.24, 2.45) is 0 Å². The van der Waals surface area contributed by atoms with E-state index in [9.17, 15) is 32.9 Å². The highest BCUT2D eigenvalue weighted by Gasteiger charge is 2.37. The van der Waals surface area contributed by atoms with E-state index in [-0.39, 0.29) is 26.9 Å². The van der Waals surface area contributed by atoms with Gasteiger partial charge >= 0.3 is 6.18 Å². The molecule has 1 aliphatic heterocycles. The molecular formula is C15H6F3N5O4S2. The molecule has 3 aromatic rings. The van der Waals surface area contributed by atoms with Gasteiger partial charge in [0.25, 0.3) is 16.8 Å². The Bertz CT molecular complexity index is 1210. The van der Waals surface area contributed by atoms with E-state index < -0.39 is 27.3 Å². The molecular weight excluding hydrogens is 435 g/mol. The summed E-state index contributed by atoms with van der Waals surface area (Å²) in [7, 11) is 0. The first-order valence-corrected chi connectivity index (χ1v) is 9.23. The van der Waals surface area contributed by atoms with Crippen LogP contribution in [0.1, 0.15) is 10.7 Å². The van der Waals surface area contributed by atoms with Crippen LogP contribution < -0.4 is 5.32 Å². The van der Waals surface area contributed by atoms with Crippen molar-refractivity contribution in [1.29, 1.82) is 0 Å². The summed E-state index contributed by atoms with van der Waals surface area (Å²) in [5.41, 5.74) is 0.382. The first-order valence-electron chi connectivity index (χ1n) is 7.60. The minimum Gasteiger partial charge on any atom is -0.282 e. The van der Waals surface area contributed by atoms with Crippen LogP contribution in [-0.2, 0) is 11.0 Å². The Morgan fingerprint density at radius 2 is 1.90 bits per heavy atom. The molecule has 4 rings (SSSR count). The third-order valence-corrected chi connectivity index (χ3v) is 5.51. The molecule has 0 aliphatic carbocycles. The summed E-state index contributed by atoms with van der Waals surface area (Å²) in [5, 5.41) is 14.7. The van der Waals surface area contributed by atoms with Crippen molar-refractivity contribution < 1.29 is 27.7 Å². The normalized spacial score (nSPS) is 16.0. The summed E-state index contributed by atoms with van der Waals surface area (Å²) in [5.74, 6) is -0.698. The van der Waals surface area contributed by atoms with Gasteiger partial charge in [0.05, 0.1) is 21.2 Å². The van der Waals surface area contributed by atoms with E-state index in [4.69, 9.17) is 0 Å². The third-order valence-electron chi connectivity index (χ3n) is 3.74. The van der Waals surface area contributed by atoms with Gasteiger partial charge in [0, 0.05) is 17.7 Å². The number of carbonyl (C=O) groups excluding carboxylic acids is 2. The maximum Gasteiger partial charge on any atom is 0.445 e. The molecule has 0 saturated carbocycles. The van der Waals surface area contributed by atoms with Gasteiger partial charge in [-0.15, -0.1) is 5.10 Å². The average Bonchev–Trinajstić information content (AvgIpc) is 3.29. The fraction of sp³-hybridized carbons (Fsp3) is 0.0667. The Balaban J connectivity index is 1.90. The molecule has 2 aromatic heterocycles. The van der Waals surface area contributed by atoms with Crippen LogP contribution in [0, 0.1) is 10.1 Å². The summed E-state index contributed by atoms with van der Waals surface area (Å²) in [6, 6.07) is 5.19. The van der Waals surface area contributed by atoms with Gasteiger partial charge in [-0.25, -0.2) is 9.50 Å². The number of aromatic nitrogens is 3. The number of imide groups is 1. The molecule has 1 aromatic carbocycles. The van der Waals surface area contributed by atoms with Crippen molar-refractivity contribution in [3.8, 4) is 11.3 Å². The number of hydrogen-bond acceptors (Lipinski definition) is 8. The first kappa shape index (κ1) is 19.1. The molecule has 0 unspecified atom stereocenters. The zero-order valence-electron chi connectivity index (χ0n) is 13.8. The predicted octanol–water partition coefficient (Wildman–Crippen LogP) is 3.71. The van der Waals surface area contributed by atoms with E-state index in [0.717, 1.165) is 4.52 Å². The van der Waals surface area contributed by atoms with E-state index in [2.05, 4.69) is 15.4 Å². The minimum atomic E-state index is -4.68. The molecule has 14 heteroatoms. The van der Waals surface area contributed by atoms with Crippen LogP contribution in [0.5, 0.6) is 0 Å². The third kappa shape index (κ3) is 3.47. The second-order valence-corrected chi connectivity index (χ2v) is 7.57. The maximum absolute atomic E-state index is 13.0. The second-order valence-electron chi connectivity index (χ2n) is 5.60. The van der Waals surface area contributed by atoms with Crippen molar-refractivity contribution in [2.45, 2.75) is 6.18 Å². The number of nitrogens with one attached hydrogen (secondary N) is 1. The lowest BCUT2D eigenvalue weighted by atomic mass is 10.1. The molecule has 0 atom stereocenters. The van der Waals surface area contributed by atoms with Crippen LogP contribution in [0.3, 0.4) is 0 Å². The van der Waals surface area contributed by atoms with E-state index in [1.807, 2.05) is 0 Å². The highest BCUT2D eigenvalue weighted by molar-refractivity contribution is 8.18. The molecule has 29 heavy (non-hydrogen) atoms. The van der Waals surface area contributed by atoms with Crippen molar-refractivity contribution in [3.05, 3.63) is 50.0 Å². The summed E-state index contributed by atoms with van der Waals surface area (Å²) in [6.45, 7) is 0. The van der Waals surface area contributed by atoms with Gasteiger partial charge in [0.15, 0.2) is 0 Å². The van der Waals surface area contributed by atoms with E-state index in [1.54, 1.807) is 0 Å². The van der Waals surface area contributed by atoms with Crippen LogP contribution in [0.25, 0.3) is 22.3 Å². The number of benzene rings is 1. The number of nitro benzene ring substituents is 1. The molecule has 2 amide bonds. The van der Waals surface area contributed by atoms with Gasteiger partial charge in [-0.3, -0.25) is 25.0 Å². The SMILES string of the molecule is O=C1NC(=O)/C(=C/c2c(-c3ccc([N+](=O)[O-])cc3)nc3sc(C(F)(F)F)nn23)S1. The molecule has 1 saturated heterocycles. The topological polar surface area (TPSA) is 120 Å². The Morgan fingerprint density at radius 1 is 1.21 bits per heavy atom. The first-order chi connectivity index (χ1) is 13.6. The standard InChI is InChI=1S/C15H6F3N5O4S2/c16-15(17,18)12-21-22-8(5-9-11(24)20-14(25)28-9)10(19-13(22)29-12)6-1-3-7(4-2-6)23(26)27/h1-5H,(H,20,24,25)/b9-5-. The Hall–Kier alpha value is -3.26. The highest BCUT2D eigenvalue weighted by atomic mass is 32.2. The van der Waals surface area contributed by atoms with Crippen LogP contribution in [0.2, 0.25) is 0 Å². The number of hydrogen-bond donors (Lipinski definition) is 1. The van der Waals surface area contributed by atoms with Gasteiger partial charge in [-0.2, -0.15) is 13.2 Å². The molecule has 1 N–H and O–H groups in total. The van der Waals surface area contributed by atoms with Crippen LogP contribution in [-0.4, -0.2) is 30.7 Å². The maximum atomic E-state index is 13.0. The number of imidazole rings is 1. The monoisotopic (exact) mass is 441 g/mol. The van der Waals surface area contributed by atoms with Crippen molar-refractivity contribution >= 4 is 51.0 Å². The summed E-state index contributed by atoms with van der Waals surface area (Å²) >= 11 is 0.893. The van der Waals surface area contributed by atoms with Crippen LogP contribution >= 0.6 is 23.1 Å². The Kier molecular flexibility index (Phi) is 4.38. The molecule has 0 bridgehead atoms. The average molecular weight is 441 g/mol. The van der Waals surface area contributed by atoms with Crippen LogP contribution in [0.4, 0.5) is 23.7 Å². The molecule has 148 valence electrons. The number of alkyl halides is 3. The Labute approximate surface area is 166 Å². The number of amides is 2. The van der Waals surface area contributed by atoms with E-state index in [0.29, 0.717) is 28.7 Å². The van der Waals surface area contributed by atoms with Crippen molar-refractivity contribution in [1.82, 2.24) is 19.9 Å². The lowest BCUT2D eigenvalue weighted by Gasteiger charge is -2.02. The number of rotatable bonds is 3. The smallest absolute Gasteiger partial charge is 0.282 e. The summed E-state index contributed by atoms with van der Waals surface area (Å²) < 4.78 is 40.0. The summed E-state index contributed by atoms with van der Waals surface area (Å²) in [6.07, 6.45) is -3.47. The van der Waals surface area contributed by atoms with Crippen molar-refractivity contribution in [3.63, 3.8) is 0 Å². The largest absolute Gasteiger partial charge is 0.445 e. The molecule has 1 aliphatic rings. The number of thioether (sulfide) groups is 1. The minimum absolute atomic E-state index is 0.0351. The van der Waals surface area contributed by atoms with E-state index in [1.165, 1.54) is 30.3 Å². The molecule has 3 heterocycles. The second kappa shape index (κ2) is 6.66. The van der Waals surface area contributed by atoms with Gasteiger partial charge in [0.1, 0.15) is 0 Å². The zero-order valence-corrected chi connectivity index (χ0v) is 15.4. The molecule has 9 nitrogen and oxygen atoms in total. The predicted molar refractivity (Wildman–Crippen MR) is 97.1 cm³/mol. The lowest BCUT2D eigenvalue weighted by Crippen LogP contribution is -2.17. The lowest BCUT2D eigenvalue weighted by molar-refractivity contribution is -0.384. The van der Waals surface area contributed by atoms with Gasteiger partial charge < -0.3 is 0 Å². The number of nitrogens with zero attached hydrogens (tertiary/aromatic N) is 4. The fourth-order valence-corrected chi connectivity index (χ4v) is 3.94. The van der Waals surface area contributed by atoms with Crippen molar-refractivity contribution in [2.75, 3.05) is 0 Å². The number of non-ortho nitro benzene ring substituents is 1. The quantitative estimate of drug-likeness (QED) is 0.374. The Morgan fingerprint density at radius 3 is 2.45 bits per heavy atom. The number of fused-ring (bicyclic) bond motifs is 1. The molecule has 0 spiro atoms. The molecule has 1 fully saturated rings. The fourth-order valence-electron chi connectivity index (χ4n) is 2.51. The zero-order chi connectivity index (χ0) is 20.9. The van der Waals surface area contributed by atoms with Gasteiger partial charge in [0.2, 0.25) is 9.97 Å². The van der Waals surface area contributed by atoms with Gasteiger partial charge in [-0.05, 0) is 30.0 Å². The number of carbonyl (C=O) groups is 2. The number of nitro groups is 1. The molecule has 0 radical (unpaired) electrons. The van der Waals surface area contributed by atoms with E-state index >= 15 is 0 Å².